The van der Waals surface area contributed by atoms with Gasteiger partial charge < -0.3 is 15.0 Å². The highest BCUT2D eigenvalue weighted by Crippen LogP contribution is 2.34. The highest BCUT2D eigenvalue weighted by molar-refractivity contribution is 5.97. The quantitative estimate of drug-likeness (QED) is 0.867. The minimum absolute atomic E-state index is 0.0428. The zero-order valence-electron chi connectivity index (χ0n) is 12.6. The van der Waals surface area contributed by atoms with Gasteiger partial charge in [0.05, 0.1) is 12.2 Å². The Labute approximate surface area is 129 Å². The Morgan fingerprint density at radius 3 is 2.91 bits per heavy atom. The van der Waals surface area contributed by atoms with Crippen molar-refractivity contribution in [3.63, 3.8) is 0 Å². The van der Waals surface area contributed by atoms with Gasteiger partial charge in [0.2, 0.25) is 5.91 Å². The van der Waals surface area contributed by atoms with Crippen molar-refractivity contribution in [3.05, 3.63) is 36.4 Å². The zero-order valence-corrected chi connectivity index (χ0v) is 12.6. The van der Waals surface area contributed by atoms with E-state index in [2.05, 4.69) is 17.5 Å². The van der Waals surface area contributed by atoms with E-state index in [1.54, 1.807) is 18.0 Å². The molecule has 1 aliphatic heterocycles. The summed E-state index contributed by atoms with van der Waals surface area (Å²) in [6.07, 6.45) is 6.11. The Morgan fingerprint density at radius 1 is 1.36 bits per heavy atom. The van der Waals surface area contributed by atoms with Crippen LogP contribution in [0, 0.1) is 5.92 Å². The number of amides is 2. The zero-order chi connectivity index (χ0) is 15.5. The first-order valence-corrected chi connectivity index (χ1v) is 7.63. The van der Waals surface area contributed by atoms with Crippen LogP contribution < -0.4 is 15.0 Å². The lowest BCUT2D eigenvalue weighted by atomic mass is 10.0. The second-order valence-corrected chi connectivity index (χ2v) is 5.66. The molecule has 116 valence electrons. The van der Waals surface area contributed by atoms with E-state index in [0.29, 0.717) is 18.1 Å². The van der Waals surface area contributed by atoms with Crippen LogP contribution in [0.5, 0.6) is 5.75 Å². The van der Waals surface area contributed by atoms with Crippen LogP contribution >= 0.6 is 0 Å². The number of para-hydroxylation sites is 2. The summed E-state index contributed by atoms with van der Waals surface area (Å²) >= 11 is 0. The molecule has 0 spiro atoms. The minimum Gasteiger partial charge on any atom is -0.477 e. The summed E-state index contributed by atoms with van der Waals surface area (Å²) in [7, 11) is 1.57. The fourth-order valence-corrected chi connectivity index (χ4v) is 2.97. The number of ether oxygens (including phenoxy) is 1. The van der Waals surface area contributed by atoms with Crippen molar-refractivity contribution in [2.75, 3.05) is 18.5 Å². The average molecular weight is 300 g/mol. The Hall–Kier alpha value is -2.30. The summed E-state index contributed by atoms with van der Waals surface area (Å²) in [5.74, 6) is 0.716. The number of carbonyl (C=O) groups is 2. The molecule has 0 radical (unpaired) electrons. The SMILES string of the molecule is CNC(=O)[C@H]1CN(C(=O)C[C@H]2C=CCC2)c2ccccc2O1. The minimum atomic E-state index is -0.664. The molecule has 1 heterocycles. The summed E-state index contributed by atoms with van der Waals surface area (Å²) in [5.41, 5.74) is 0.745. The maximum atomic E-state index is 12.7. The Kier molecular flexibility index (Phi) is 4.13. The Bertz CT molecular complexity index is 612. The van der Waals surface area contributed by atoms with Crippen molar-refractivity contribution >= 4 is 17.5 Å². The third-order valence-corrected chi connectivity index (χ3v) is 4.16. The van der Waals surface area contributed by atoms with Crippen LogP contribution in [0.15, 0.2) is 36.4 Å². The fourth-order valence-electron chi connectivity index (χ4n) is 2.97. The summed E-state index contributed by atoms with van der Waals surface area (Å²) in [4.78, 5) is 26.3. The van der Waals surface area contributed by atoms with Gasteiger partial charge in [-0.05, 0) is 30.9 Å². The van der Waals surface area contributed by atoms with E-state index >= 15 is 0 Å². The van der Waals surface area contributed by atoms with Crippen molar-refractivity contribution in [1.82, 2.24) is 5.32 Å². The van der Waals surface area contributed by atoms with Crippen LogP contribution in [0.1, 0.15) is 19.3 Å². The van der Waals surface area contributed by atoms with Crippen LogP contribution in [0.3, 0.4) is 0 Å². The number of hydrogen-bond donors (Lipinski definition) is 1. The molecule has 0 saturated carbocycles. The number of rotatable bonds is 3. The molecule has 0 fully saturated rings. The molecule has 1 aromatic rings. The van der Waals surface area contributed by atoms with E-state index in [4.69, 9.17) is 4.74 Å². The van der Waals surface area contributed by atoms with Gasteiger partial charge in [-0.2, -0.15) is 0 Å². The van der Waals surface area contributed by atoms with Gasteiger partial charge in [-0.15, -0.1) is 0 Å². The summed E-state index contributed by atoms with van der Waals surface area (Å²) in [6.45, 7) is 0.256. The first-order valence-electron chi connectivity index (χ1n) is 7.63. The first kappa shape index (κ1) is 14.6. The van der Waals surface area contributed by atoms with E-state index in [1.807, 2.05) is 18.2 Å². The maximum Gasteiger partial charge on any atom is 0.262 e. The van der Waals surface area contributed by atoms with Gasteiger partial charge in [-0.3, -0.25) is 9.59 Å². The summed E-state index contributed by atoms with van der Waals surface area (Å²) in [5, 5.41) is 2.59. The van der Waals surface area contributed by atoms with Gasteiger partial charge >= 0.3 is 0 Å². The molecule has 5 nitrogen and oxygen atoms in total. The van der Waals surface area contributed by atoms with Gasteiger partial charge in [0.1, 0.15) is 5.75 Å². The lowest BCUT2D eigenvalue weighted by Gasteiger charge is -2.34. The number of allylic oxidation sites excluding steroid dienone is 2. The van der Waals surface area contributed by atoms with Crippen molar-refractivity contribution in [1.29, 1.82) is 0 Å². The normalized spacial score (nSPS) is 22.9. The molecule has 1 aromatic carbocycles. The Morgan fingerprint density at radius 2 is 2.18 bits per heavy atom. The lowest BCUT2D eigenvalue weighted by Crippen LogP contribution is -2.50. The lowest BCUT2D eigenvalue weighted by molar-refractivity contribution is -0.128. The molecule has 0 aromatic heterocycles. The van der Waals surface area contributed by atoms with E-state index in [1.165, 1.54) is 0 Å². The highest BCUT2D eigenvalue weighted by atomic mass is 16.5. The molecule has 0 unspecified atom stereocenters. The first-order chi connectivity index (χ1) is 10.7. The Balaban J connectivity index is 1.82. The number of carbonyl (C=O) groups excluding carboxylic acids is 2. The molecular weight excluding hydrogens is 280 g/mol. The molecule has 1 aliphatic carbocycles. The number of hydrogen-bond acceptors (Lipinski definition) is 3. The van der Waals surface area contributed by atoms with E-state index < -0.39 is 6.10 Å². The fraction of sp³-hybridized carbons (Fsp3) is 0.412. The molecule has 2 aliphatic rings. The number of nitrogens with one attached hydrogen (secondary N) is 1. The summed E-state index contributed by atoms with van der Waals surface area (Å²) < 4.78 is 5.72. The predicted octanol–water partition coefficient (Wildman–Crippen LogP) is 1.88. The van der Waals surface area contributed by atoms with Crippen LogP contribution in [0.2, 0.25) is 0 Å². The van der Waals surface area contributed by atoms with Crippen molar-refractivity contribution < 1.29 is 14.3 Å². The smallest absolute Gasteiger partial charge is 0.262 e. The predicted molar refractivity (Wildman–Crippen MR) is 83.8 cm³/mol. The van der Waals surface area contributed by atoms with Crippen molar-refractivity contribution in [3.8, 4) is 5.75 Å². The van der Waals surface area contributed by atoms with Crippen LogP contribution in [-0.2, 0) is 9.59 Å². The van der Waals surface area contributed by atoms with Crippen molar-refractivity contribution in [2.24, 2.45) is 5.92 Å². The monoisotopic (exact) mass is 300 g/mol. The van der Waals surface area contributed by atoms with E-state index in [-0.39, 0.29) is 18.4 Å². The standard InChI is InChI=1S/C17H20N2O3/c1-18-17(21)15-11-19(13-8-4-5-9-14(13)22-15)16(20)10-12-6-2-3-7-12/h2,4-6,8-9,12,15H,3,7,10-11H2,1H3,(H,18,21)/t12-,15+/m0/s1. The van der Waals surface area contributed by atoms with Gasteiger partial charge in [-0.1, -0.05) is 24.3 Å². The number of nitrogens with zero attached hydrogens (tertiary/aromatic N) is 1. The highest BCUT2D eigenvalue weighted by Gasteiger charge is 2.33. The number of fused-ring (bicyclic) bond motifs is 1. The molecule has 1 N–H and O–H groups in total. The second-order valence-electron chi connectivity index (χ2n) is 5.66. The van der Waals surface area contributed by atoms with E-state index in [0.717, 1.165) is 18.5 Å². The van der Waals surface area contributed by atoms with Gasteiger partial charge in [0, 0.05) is 13.5 Å². The molecule has 3 rings (SSSR count). The molecule has 0 bridgehead atoms. The third kappa shape index (κ3) is 2.84. The molecule has 5 heteroatoms. The average Bonchev–Trinajstić information content (AvgIpc) is 3.05. The number of likely N-dealkylation sites (N-methyl/N-ethyl adjacent to an activating group) is 1. The largest absolute Gasteiger partial charge is 0.477 e. The topological polar surface area (TPSA) is 58.6 Å². The number of anilines is 1. The molecular formula is C17H20N2O3. The van der Waals surface area contributed by atoms with Crippen LogP contribution in [0.4, 0.5) is 5.69 Å². The molecule has 2 atom stereocenters. The van der Waals surface area contributed by atoms with Gasteiger partial charge in [-0.25, -0.2) is 0 Å². The van der Waals surface area contributed by atoms with E-state index in [9.17, 15) is 9.59 Å². The molecule has 0 saturated heterocycles. The van der Waals surface area contributed by atoms with Crippen LogP contribution in [0.25, 0.3) is 0 Å². The van der Waals surface area contributed by atoms with Gasteiger partial charge in [0.15, 0.2) is 6.10 Å². The number of benzene rings is 1. The maximum absolute atomic E-state index is 12.7. The molecule has 22 heavy (non-hydrogen) atoms. The third-order valence-electron chi connectivity index (χ3n) is 4.16. The summed E-state index contributed by atoms with van der Waals surface area (Å²) in [6, 6.07) is 7.36. The van der Waals surface area contributed by atoms with Gasteiger partial charge in [0.25, 0.3) is 5.91 Å². The second kappa shape index (κ2) is 6.22. The molecule has 2 amide bonds. The van der Waals surface area contributed by atoms with Crippen LogP contribution in [-0.4, -0.2) is 31.5 Å². The van der Waals surface area contributed by atoms with Crippen molar-refractivity contribution in [2.45, 2.75) is 25.4 Å².